The van der Waals surface area contributed by atoms with Gasteiger partial charge in [0, 0.05) is 64.4 Å². The summed E-state index contributed by atoms with van der Waals surface area (Å²) >= 11 is 16.0. The number of carbonyl (C=O) groups excluding carboxylic acids is 2. The normalized spacial score (nSPS) is 16.5. The average molecular weight is 576 g/mol. The van der Waals surface area contributed by atoms with Gasteiger partial charge in [-0.2, -0.15) is 0 Å². The van der Waals surface area contributed by atoms with Crippen LogP contribution in [0.25, 0.3) is 0 Å². The standard InChI is InChI=1S/C26H25BrCl2N4O2/c1-16(34)31-10-9-30-15-18-5-6-19(27)12-23(18)33-26(14-17-3-2-4-20(28)11-17)22-8-7-21(29)13-24(22)32-25(26)35/h2-8,11-13,30,33H,9-10,14-15H2,1H3,(H,31,34)(H,32,35). The second-order valence-corrected chi connectivity index (χ2v) is 10.2. The monoisotopic (exact) mass is 574 g/mol. The fraction of sp³-hybridized carbons (Fsp3) is 0.231. The van der Waals surface area contributed by atoms with E-state index in [0.29, 0.717) is 41.8 Å². The Hall–Kier alpha value is -2.58. The number of rotatable bonds is 9. The molecule has 0 aliphatic carbocycles. The van der Waals surface area contributed by atoms with E-state index in [1.54, 1.807) is 12.1 Å². The van der Waals surface area contributed by atoms with Gasteiger partial charge in [0.15, 0.2) is 0 Å². The minimum absolute atomic E-state index is 0.0632. The molecule has 9 heteroatoms. The highest BCUT2D eigenvalue weighted by molar-refractivity contribution is 9.10. The number of hydrogen-bond acceptors (Lipinski definition) is 4. The van der Waals surface area contributed by atoms with Crippen molar-refractivity contribution in [2.24, 2.45) is 0 Å². The molecular weight excluding hydrogens is 551 g/mol. The lowest BCUT2D eigenvalue weighted by Gasteiger charge is -2.31. The van der Waals surface area contributed by atoms with E-state index in [2.05, 4.69) is 37.2 Å². The zero-order chi connectivity index (χ0) is 25.0. The number of amides is 2. The SMILES string of the molecule is CC(=O)NCCNCc1ccc(Br)cc1NC1(Cc2cccc(Cl)c2)C(=O)Nc2cc(Cl)ccc21. The fourth-order valence-electron chi connectivity index (χ4n) is 4.24. The fourth-order valence-corrected chi connectivity index (χ4v) is 4.99. The molecule has 0 radical (unpaired) electrons. The quantitative estimate of drug-likeness (QED) is 0.255. The molecule has 0 spiro atoms. The molecule has 1 aliphatic heterocycles. The van der Waals surface area contributed by atoms with Gasteiger partial charge >= 0.3 is 0 Å². The first-order valence-corrected chi connectivity index (χ1v) is 12.7. The maximum absolute atomic E-state index is 13.6. The van der Waals surface area contributed by atoms with Crippen LogP contribution in [-0.4, -0.2) is 24.9 Å². The molecular formula is C26H25BrCl2N4O2. The molecule has 0 fully saturated rings. The van der Waals surface area contributed by atoms with Crippen molar-refractivity contribution in [1.82, 2.24) is 10.6 Å². The molecule has 35 heavy (non-hydrogen) atoms. The van der Waals surface area contributed by atoms with Crippen LogP contribution in [0.1, 0.15) is 23.6 Å². The molecule has 3 aromatic rings. The molecule has 6 nitrogen and oxygen atoms in total. The van der Waals surface area contributed by atoms with Gasteiger partial charge < -0.3 is 21.3 Å². The number of halogens is 3. The van der Waals surface area contributed by atoms with Crippen molar-refractivity contribution in [3.63, 3.8) is 0 Å². The highest BCUT2D eigenvalue weighted by Crippen LogP contribution is 2.43. The summed E-state index contributed by atoms with van der Waals surface area (Å²) < 4.78 is 0.884. The number of carbonyl (C=O) groups is 2. The second kappa shape index (κ2) is 11.0. The molecule has 0 saturated heterocycles. The van der Waals surface area contributed by atoms with Crippen molar-refractivity contribution in [3.05, 3.63) is 91.9 Å². The Morgan fingerprint density at radius 1 is 1.03 bits per heavy atom. The van der Waals surface area contributed by atoms with E-state index >= 15 is 0 Å². The van der Waals surface area contributed by atoms with E-state index in [4.69, 9.17) is 23.2 Å². The van der Waals surface area contributed by atoms with Gasteiger partial charge in [-0.25, -0.2) is 0 Å². The highest BCUT2D eigenvalue weighted by Gasteiger charge is 2.47. The largest absolute Gasteiger partial charge is 0.367 e. The predicted octanol–water partition coefficient (Wildman–Crippen LogP) is 5.48. The van der Waals surface area contributed by atoms with Crippen LogP contribution in [0.5, 0.6) is 0 Å². The van der Waals surface area contributed by atoms with Crippen LogP contribution < -0.4 is 21.3 Å². The number of benzene rings is 3. The summed E-state index contributed by atoms with van der Waals surface area (Å²) in [6.45, 7) is 3.19. The summed E-state index contributed by atoms with van der Waals surface area (Å²) in [5.74, 6) is -0.231. The Morgan fingerprint density at radius 3 is 2.60 bits per heavy atom. The van der Waals surface area contributed by atoms with E-state index in [0.717, 1.165) is 26.9 Å². The van der Waals surface area contributed by atoms with Crippen LogP contribution >= 0.6 is 39.1 Å². The van der Waals surface area contributed by atoms with Gasteiger partial charge in [0.2, 0.25) is 5.91 Å². The minimum Gasteiger partial charge on any atom is -0.367 e. The molecule has 2 amide bonds. The molecule has 4 N–H and O–H groups in total. The summed E-state index contributed by atoms with van der Waals surface area (Å²) in [7, 11) is 0. The Kier molecular flexibility index (Phi) is 8.02. The van der Waals surface area contributed by atoms with Gasteiger partial charge in [-0.05, 0) is 47.5 Å². The summed E-state index contributed by atoms with van der Waals surface area (Å²) in [6, 6.07) is 18.9. The highest BCUT2D eigenvalue weighted by atomic mass is 79.9. The summed E-state index contributed by atoms with van der Waals surface area (Å²) in [5, 5.41) is 13.9. The molecule has 0 saturated carbocycles. The number of hydrogen-bond donors (Lipinski definition) is 4. The van der Waals surface area contributed by atoms with Gasteiger partial charge in [0.25, 0.3) is 5.91 Å². The molecule has 1 atom stereocenters. The Morgan fingerprint density at radius 2 is 1.83 bits per heavy atom. The first-order valence-electron chi connectivity index (χ1n) is 11.1. The van der Waals surface area contributed by atoms with Crippen molar-refractivity contribution in [3.8, 4) is 0 Å². The van der Waals surface area contributed by atoms with E-state index < -0.39 is 5.54 Å². The van der Waals surface area contributed by atoms with Crippen LogP contribution in [0, 0.1) is 0 Å². The molecule has 0 bridgehead atoms. The first-order chi connectivity index (χ1) is 16.8. The third kappa shape index (κ3) is 5.98. The summed E-state index contributed by atoms with van der Waals surface area (Å²) in [6.07, 6.45) is 0.385. The van der Waals surface area contributed by atoms with Gasteiger partial charge in [0.05, 0.1) is 0 Å². The lowest BCUT2D eigenvalue weighted by Crippen LogP contribution is -2.44. The third-order valence-electron chi connectivity index (χ3n) is 5.85. The van der Waals surface area contributed by atoms with Crippen LogP contribution in [0.4, 0.5) is 11.4 Å². The van der Waals surface area contributed by atoms with Crippen LogP contribution in [-0.2, 0) is 28.1 Å². The van der Waals surface area contributed by atoms with Gasteiger partial charge in [-0.1, -0.05) is 63.4 Å². The van der Waals surface area contributed by atoms with Crippen molar-refractivity contribution in [2.75, 3.05) is 23.7 Å². The third-order valence-corrected chi connectivity index (χ3v) is 6.81. The molecule has 1 unspecified atom stereocenters. The maximum Gasteiger partial charge on any atom is 0.255 e. The van der Waals surface area contributed by atoms with Crippen LogP contribution in [0.2, 0.25) is 10.0 Å². The van der Waals surface area contributed by atoms with E-state index in [1.165, 1.54) is 6.92 Å². The number of nitrogens with one attached hydrogen (secondary N) is 4. The molecule has 3 aromatic carbocycles. The molecule has 1 aliphatic rings. The van der Waals surface area contributed by atoms with E-state index in [-0.39, 0.29) is 11.8 Å². The smallest absolute Gasteiger partial charge is 0.255 e. The molecule has 0 aromatic heterocycles. The van der Waals surface area contributed by atoms with Gasteiger partial charge in [-0.15, -0.1) is 0 Å². The van der Waals surface area contributed by atoms with Crippen molar-refractivity contribution < 1.29 is 9.59 Å². The van der Waals surface area contributed by atoms with Crippen LogP contribution in [0.3, 0.4) is 0 Å². The topological polar surface area (TPSA) is 82.3 Å². The molecule has 4 rings (SSSR count). The minimum atomic E-state index is -1.07. The van der Waals surface area contributed by atoms with Gasteiger partial charge in [-0.3, -0.25) is 9.59 Å². The lowest BCUT2D eigenvalue weighted by molar-refractivity contribution is -0.120. The Bertz CT molecular complexity index is 1270. The van der Waals surface area contributed by atoms with E-state index in [1.807, 2.05) is 48.5 Å². The van der Waals surface area contributed by atoms with Crippen molar-refractivity contribution >= 4 is 62.3 Å². The van der Waals surface area contributed by atoms with Crippen molar-refractivity contribution in [2.45, 2.75) is 25.4 Å². The first kappa shape index (κ1) is 25.5. The number of fused-ring (bicyclic) bond motifs is 1. The van der Waals surface area contributed by atoms with Crippen LogP contribution in [0.15, 0.2) is 65.1 Å². The summed E-state index contributed by atoms with van der Waals surface area (Å²) in [4.78, 5) is 24.7. The predicted molar refractivity (Wildman–Crippen MR) is 145 cm³/mol. The summed E-state index contributed by atoms with van der Waals surface area (Å²) in [5.41, 5.74) is 3.14. The molecule has 1 heterocycles. The lowest BCUT2D eigenvalue weighted by atomic mass is 9.84. The Labute approximate surface area is 222 Å². The van der Waals surface area contributed by atoms with Crippen molar-refractivity contribution in [1.29, 1.82) is 0 Å². The van der Waals surface area contributed by atoms with E-state index in [9.17, 15) is 9.59 Å². The number of anilines is 2. The average Bonchev–Trinajstić information content (AvgIpc) is 3.04. The Balaban J connectivity index is 1.69. The maximum atomic E-state index is 13.6. The second-order valence-electron chi connectivity index (χ2n) is 8.44. The van der Waals surface area contributed by atoms with Gasteiger partial charge in [0.1, 0.15) is 5.54 Å². The molecule has 182 valence electrons. The zero-order valence-corrected chi connectivity index (χ0v) is 22.2. The zero-order valence-electron chi connectivity index (χ0n) is 19.1.